The lowest BCUT2D eigenvalue weighted by Gasteiger charge is -2.31. The predicted molar refractivity (Wildman–Crippen MR) is 105 cm³/mol. The molecule has 0 aliphatic carbocycles. The van der Waals surface area contributed by atoms with Crippen LogP contribution in [0.25, 0.3) is 0 Å². The van der Waals surface area contributed by atoms with Gasteiger partial charge in [-0.1, -0.05) is 62.7 Å². The van der Waals surface area contributed by atoms with E-state index >= 15 is 0 Å². The van der Waals surface area contributed by atoms with Crippen LogP contribution in [0.2, 0.25) is 5.02 Å². The summed E-state index contributed by atoms with van der Waals surface area (Å²) >= 11 is 6.40. The Morgan fingerprint density at radius 1 is 1.04 bits per heavy atom. The van der Waals surface area contributed by atoms with Crippen molar-refractivity contribution in [2.24, 2.45) is 0 Å². The third kappa shape index (κ3) is 5.07. The van der Waals surface area contributed by atoms with Crippen molar-refractivity contribution in [1.29, 1.82) is 0 Å². The van der Waals surface area contributed by atoms with Gasteiger partial charge in [-0.25, -0.2) is 0 Å². The van der Waals surface area contributed by atoms with Crippen molar-refractivity contribution in [3.8, 4) is 0 Å². The first-order valence-electron chi connectivity index (χ1n) is 8.96. The van der Waals surface area contributed by atoms with Gasteiger partial charge >= 0.3 is 0 Å². The lowest BCUT2D eigenvalue weighted by atomic mass is 10.0. The van der Waals surface area contributed by atoms with Crippen LogP contribution in [0.4, 0.5) is 0 Å². The SMILES string of the molecule is CCc1ccc(C(=O)NCC(c2ccccc2Cl)N(CC)CC)cc1. The number of hydrogen-bond donors (Lipinski definition) is 1. The van der Waals surface area contributed by atoms with Gasteiger partial charge in [0.05, 0.1) is 6.04 Å². The fraction of sp³-hybridized carbons (Fsp3) is 0.381. The van der Waals surface area contributed by atoms with Crippen LogP contribution in [0.1, 0.15) is 48.3 Å². The molecule has 2 aromatic rings. The van der Waals surface area contributed by atoms with Gasteiger partial charge in [-0.3, -0.25) is 9.69 Å². The molecule has 1 atom stereocenters. The zero-order valence-electron chi connectivity index (χ0n) is 15.3. The standard InChI is InChI=1S/C21H27ClN2O/c1-4-16-11-13-17(14-12-16)21(25)23-15-20(24(5-2)6-3)18-9-7-8-10-19(18)22/h7-14,20H,4-6,15H2,1-3H3,(H,23,25). The summed E-state index contributed by atoms with van der Waals surface area (Å²) in [5.41, 5.74) is 2.97. The number of halogens is 1. The number of rotatable bonds is 8. The summed E-state index contributed by atoms with van der Waals surface area (Å²) < 4.78 is 0. The molecule has 1 unspecified atom stereocenters. The number of carbonyl (C=O) groups excluding carboxylic acids is 1. The minimum absolute atomic E-state index is 0.0492. The average molecular weight is 359 g/mol. The Hall–Kier alpha value is -1.84. The maximum atomic E-state index is 12.5. The van der Waals surface area contributed by atoms with E-state index in [1.165, 1.54) is 5.56 Å². The maximum absolute atomic E-state index is 12.5. The second-order valence-corrected chi connectivity index (χ2v) is 6.43. The van der Waals surface area contributed by atoms with Crippen molar-refractivity contribution in [2.45, 2.75) is 33.2 Å². The van der Waals surface area contributed by atoms with Crippen molar-refractivity contribution in [1.82, 2.24) is 10.2 Å². The van der Waals surface area contributed by atoms with Crippen LogP contribution >= 0.6 is 11.6 Å². The highest BCUT2D eigenvalue weighted by Crippen LogP contribution is 2.27. The van der Waals surface area contributed by atoms with E-state index in [0.717, 1.165) is 30.1 Å². The highest BCUT2D eigenvalue weighted by molar-refractivity contribution is 6.31. The number of nitrogens with one attached hydrogen (secondary N) is 1. The van der Waals surface area contributed by atoms with E-state index in [4.69, 9.17) is 11.6 Å². The smallest absolute Gasteiger partial charge is 0.251 e. The Morgan fingerprint density at radius 2 is 1.68 bits per heavy atom. The molecule has 1 amide bonds. The number of nitrogens with zero attached hydrogens (tertiary/aromatic N) is 1. The number of benzene rings is 2. The van der Waals surface area contributed by atoms with Crippen LogP contribution in [0.15, 0.2) is 48.5 Å². The molecule has 4 heteroatoms. The summed E-state index contributed by atoms with van der Waals surface area (Å²) in [7, 11) is 0. The summed E-state index contributed by atoms with van der Waals surface area (Å²) in [4.78, 5) is 14.8. The summed E-state index contributed by atoms with van der Waals surface area (Å²) in [6, 6.07) is 15.7. The molecule has 0 aliphatic heterocycles. The molecule has 0 bridgehead atoms. The Morgan fingerprint density at radius 3 is 2.24 bits per heavy atom. The molecule has 0 radical (unpaired) electrons. The number of hydrogen-bond acceptors (Lipinski definition) is 2. The minimum Gasteiger partial charge on any atom is -0.350 e. The summed E-state index contributed by atoms with van der Waals surface area (Å²) in [6.45, 7) is 8.67. The lowest BCUT2D eigenvalue weighted by Crippen LogP contribution is -2.38. The van der Waals surface area contributed by atoms with Gasteiger partial charge in [-0.05, 0) is 48.8 Å². The largest absolute Gasteiger partial charge is 0.350 e. The predicted octanol–water partition coefficient (Wildman–Crippen LogP) is 4.72. The molecule has 0 fully saturated rings. The van der Waals surface area contributed by atoms with Crippen LogP contribution < -0.4 is 5.32 Å². The van der Waals surface area contributed by atoms with Gasteiger partial charge in [-0.15, -0.1) is 0 Å². The van der Waals surface area contributed by atoms with Crippen LogP contribution in [0.5, 0.6) is 0 Å². The topological polar surface area (TPSA) is 32.3 Å². The third-order valence-corrected chi connectivity index (χ3v) is 4.94. The molecule has 0 spiro atoms. The molecular weight excluding hydrogens is 332 g/mol. The Bertz CT molecular complexity index is 681. The molecule has 0 aromatic heterocycles. The summed E-state index contributed by atoms with van der Waals surface area (Å²) in [5.74, 6) is -0.0492. The quantitative estimate of drug-likeness (QED) is 0.740. The van der Waals surface area contributed by atoms with Crippen molar-refractivity contribution in [3.63, 3.8) is 0 Å². The highest BCUT2D eigenvalue weighted by atomic mass is 35.5. The van der Waals surface area contributed by atoms with E-state index in [1.807, 2.05) is 48.5 Å². The molecule has 0 heterocycles. The van der Waals surface area contributed by atoms with Crippen molar-refractivity contribution in [2.75, 3.05) is 19.6 Å². The summed E-state index contributed by atoms with van der Waals surface area (Å²) in [5, 5.41) is 3.81. The third-order valence-electron chi connectivity index (χ3n) is 4.60. The first-order chi connectivity index (χ1) is 12.1. The molecule has 1 N–H and O–H groups in total. The van der Waals surface area contributed by atoms with Crippen molar-refractivity contribution >= 4 is 17.5 Å². The van der Waals surface area contributed by atoms with E-state index in [0.29, 0.717) is 12.1 Å². The molecule has 134 valence electrons. The van der Waals surface area contributed by atoms with Crippen LogP contribution in [-0.4, -0.2) is 30.4 Å². The highest BCUT2D eigenvalue weighted by Gasteiger charge is 2.21. The van der Waals surface area contributed by atoms with E-state index in [2.05, 4.69) is 31.0 Å². The van der Waals surface area contributed by atoms with E-state index in [1.54, 1.807) is 0 Å². The van der Waals surface area contributed by atoms with Crippen LogP contribution in [0.3, 0.4) is 0 Å². The van der Waals surface area contributed by atoms with Gasteiger partial charge in [0.2, 0.25) is 0 Å². The molecule has 3 nitrogen and oxygen atoms in total. The number of aryl methyl sites for hydroxylation is 1. The Kier molecular flexibility index (Phi) is 7.48. The molecule has 2 aromatic carbocycles. The maximum Gasteiger partial charge on any atom is 0.251 e. The lowest BCUT2D eigenvalue weighted by molar-refractivity contribution is 0.0935. The zero-order valence-corrected chi connectivity index (χ0v) is 16.0. The Balaban J connectivity index is 2.13. The normalized spacial score (nSPS) is 12.2. The fourth-order valence-electron chi connectivity index (χ4n) is 3.03. The average Bonchev–Trinajstić information content (AvgIpc) is 2.65. The van der Waals surface area contributed by atoms with E-state index in [9.17, 15) is 4.79 Å². The van der Waals surface area contributed by atoms with Crippen LogP contribution in [-0.2, 0) is 6.42 Å². The number of amides is 1. The van der Waals surface area contributed by atoms with Gasteiger partial charge in [0, 0.05) is 17.1 Å². The molecule has 0 saturated heterocycles. The van der Waals surface area contributed by atoms with Crippen molar-refractivity contribution < 1.29 is 4.79 Å². The molecule has 0 aliphatic rings. The summed E-state index contributed by atoms with van der Waals surface area (Å²) in [6.07, 6.45) is 0.971. The van der Waals surface area contributed by atoms with Gasteiger partial charge in [-0.2, -0.15) is 0 Å². The Labute approximate surface area is 156 Å². The first-order valence-corrected chi connectivity index (χ1v) is 9.34. The van der Waals surface area contributed by atoms with Gasteiger partial charge in [0.15, 0.2) is 0 Å². The van der Waals surface area contributed by atoms with Crippen molar-refractivity contribution in [3.05, 3.63) is 70.2 Å². The number of likely N-dealkylation sites (N-methyl/N-ethyl adjacent to an activating group) is 1. The second kappa shape index (κ2) is 9.59. The monoisotopic (exact) mass is 358 g/mol. The minimum atomic E-state index is -0.0492. The van der Waals surface area contributed by atoms with E-state index < -0.39 is 0 Å². The van der Waals surface area contributed by atoms with Gasteiger partial charge in [0.1, 0.15) is 0 Å². The molecular formula is C21H27ClN2O. The second-order valence-electron chi connectivity index (χ2n) is 6.02. The van der Waals surface area contributed by atoms with Gasteiger partial charge < -0.3 is 5.32 Å². The zero-order chi connectivity index (χ0) is 18.2. The molecule has 0 saturated carbocycles. The number of carbonyl (C=O) groups is 1. The first kappa shape index (κ1) is 19.5. The van der Waals surface area contributed by atoms with Crippen LogP contribution in [0, 0.1) is 0 Å². The van der Waals surface area contributed by atoms with E-state index in [-0.39, 0.29) is 11.9 Å². The fourth-order valence-corrected chi connectivity index (χ4v) is 3.29. The molecule has 2 rings (SSSR count). The molecule has 25 heavy (non-hydrogen) atoms. The van der Waals surface area contributed by atoms with Gasteiger partial charge in [0.25, 0.3) is 5.91 Å².